The summed E-state index contributed by atoms with van der Waals surface area (Å²) in [6.45, 7) is 11.4. The number of rotatable bonds is 5. The molecule has 0 saturated carbocycles. The second-order valence-corrected chi connectivity index (χ2v) is 6.68. The van der Waals surface area contributed by atoms with Crippen LogP contribution in [0.5, 0.6) is 0 Å². The lowest BCUT2D eigenvalue weighted by Crippen LogP contribution is -2.49. The minimum absolute atomic E-state index is 0.0101. The fourth-order valence-corrected chi connectivity index (χ4v) is 2.59. The van der Waals surface area contributed by atoms with E-state index in [4.69, 9.17) is 10.5 Å². The molecule has 0 aromatic carbocycles. The predicted molar refractivity (Wildman–Crippen MR) is 77.7 cm³/mol. The quantitative estimate of drug-likeness (QED) is 0.749. The summed E-state index contributed by atoms with van der Waals surface area (Å²) in [5.41, 5.74) is 5.87. The maximum atomic E-state index is 12.0. The van der Waals surface area contributed by atoms with Crippen molar-refractivity contribution in [2.24, 2.45) is 23.5 Å². The number of ether oxygens (including phenoxy) is 1. The Morgan fingerprint density at radius 2 is 2.00 bits per heavy atom. The molecule has 0 spiro atoms. The molecule has 1 heterocycles. The van der Waals surface area contributed by atoms with Crippen molar-refractivity contribution < 1.29 is 9.53 Å². The number of esters is 1. The van der Waals surface area contributed by atoms with Crippen LogP contribution in [0.1, 0.15) is 47.5 Å². The average molecular weight is 270 g/mol. The fourth-order valence-electron chi connectivity index (χ4n) is 2.59. The Hall–Kier alpha value is -0.610. The first-order valence-corrected chi connectivity index (χ1v) is 7.50. The number of piperidine rings is 1. The van der Waals surface area contributed by atoms with Crippen molar-refractivity contribution in [2.45, 2.75) is 65.6 Å². The average Bonchev–Trinajstić information content (AvgIpc) is 2.31. The van der Waals surface area contributed by atoms with Crippen LogP contribution in [0.3, 0.4) is 0 Å². The van der Waals surface area contributed by atoms with E-state index in [-0.39, 0.29) is 18.0 Å². The minimum Gasteiger partial charge on any atom is -0.461 e. The monoisotopic (exact) mass is 270 g/mol. The van der Waals surface area contributed by atoms with Crippen LogP contribution in [0.2, 0.25) is 0 Å². The molecule has 0 bridgehead atoms. The highest BCUT2D eigenvalue weighted by atomic mass is 16.5. The lowest BCUT2D eigenvalue weighted by atomic mass is 9.85. The van der Waals surface area contributed by atoms with Crippen molar-refractivity contribution in [3.05, 3.63) is 0 Å². The predicted octanol–water partition coefficient (Wildman–Crippen LogP) is 1.93. The van der Waals surface area contributed by atoms with Gasteiger partial charge in [-0.25, -0.2) is 0 Å². The molecule has 4 nitrogen and oxygen atoms in total. The Morgan fingerprint density at radius 3 is 2.53 bits per heavy atom. The largest absolute Gasteiger partial charge is 0.461 e. The summed E-state index contributed by atoms with van der Waals surface area (Å²) in [5, 5.41) is 3.47. The van der Waals surface area contributed by atoms with Gasteiger partial charge in [0.2, 0.25) is 0 Å². The van der Waals surface area contributed by atoms with Gasteiger partial charge >= 0.3 is 5.97 Å². The van der Waals surface area contributed by atoms with Crippen LogP contribution in [-0.4, -0.2) is 30.7 Å². The molecule has 0 radical (unpaired) electrons. The van der Waals surface area contributed by atoms with Gasteiger partial charge in [0, 0.05) is 18.5 Å². The molecule has 1 aliphatic heterocycles. The van der Waals surface area contributed by atoms with Gasteiger partial charge in [0.1, 0.15) is 12.1 Å². The molecule has 19 heavy (non-hydrogen) atoms. The van der Waals surface area contributed by atoms with Crippen molar-refractivity contribution in [1.29, 1.82) is 0 Å². The van der Waals surface area contributed by atoms with Crippen molar-refractivity contribution >= 4 is 5.97 Å². The molecule has 1 aliphatic rings. The van der Waals surface area contributed by atoms with E-state index in [0.717, 1.165) is 19.4 Å². The third-order valence-electron chi connectivity index (χ3n) is 3.87. The standard InChI is InChI=1S/C15H30N2O2/c1-9(2)6-12-8-17-11(5)7-13(12)19-15(18)14(16)10(3)4/h9-14,17H,6-8,16H2,1-5H3/t11-,12+,13+,14-/m0/s1. The van der Waals surface area contributed by atoms with Crippen molar-refractivity contribution in [1.82, 2.24) is 5.32 Å². The number of carbonyl (C=O) groups excluding carboxylic acids is 1. The van der Waals surface area contributed by atoms with Crippen molar-refractivity contribution in [3.8, 4) is 0 Å². The molecule has 1 saturated heterocycles. The van der Waals surface area contributed by atoms with Crippen LogP contribution in [0.25, 0.3) is 0 Å². The summed E-state index contributed by atoms with van der Waals surface area (Å²) >= 11 is 0. The number of hydrogen-bond acceptors (Lipinski definition) is 4. The first-order chi connectivity index (χ1) is 8.81. The molecule has 4 atom stereocenters. The topological polar surface area (TPSA) is 64.3 Å². The van der Waals surface area contributed by atoms with Crippen LogP contribution in [-0.2, 0) is 9.53 Å². The van der Waals surface area contributed by atoms with Gasteiger partial charge in [0.15, 0.2) is 0 Å². The van der Waals surface area contributed by atoms with E-state index in [2.05, 4.69) is 26.1 Å². The Bertz CT molecular complexity index is 292. The summed E-state index contributed by atoms with van der Waals surface area (Å²) in [5.74, 6) is 0.887. The summed E-state index contributed by atoms with van der Waals surface area (Å²) < 4.78 is 5.69. The van der Waals surface area contributed by atoms with Gasteiger partial charge in [-0.05, 0) is 31.6 Å². The third kappa shape index (κ3) is 5.11. The SMILES string of the molecule is CC(C)C[C@@H]1CN[C@@H](C)C[C@H]1OC(=O)[C@@H](N)C(C)C. The molecule has 112 valence electrons. The number of hydrogen-bond donors (Lipinski definition) is 2. The lowest BCUT2D eigenvalue weighted by Gasteiger charge is -2.36. The van der Waals surface area contributed by atoms with E-state index < -0.39 is 6.04 Å². The van der Waals surface area contributed by atoms with Gasteiger partial charge in [0.25, 0.3) is 0 Å². The molecular weight excluding hydrogens is 240 g/mol. The van der Waals surface area contributed by atoms with Crippen molar-refractivity contribution in [3.63, 3.8) is 0 Å². The van der Waals surface area contributed by atoms with Crippen molar-refractivity contribution in [2.75, 3.05) is 6.54 Å². The van der Waals surface area contributed by atoms with Gasteiger partial charge in [-0.15, -0.1) is 0 Å². The highest BCUT2D eigenvalue weighted by Gasteiger charge is 2.33. The normalized spacial score (nSPS) is 29.6. The molecule has 0 aliphatic carbocycles. The van der Waals surface area contributed by atoms with E-state index >= 15 is 0 Å². The molecule has 0 amide bonds. The highest BCUT2D eigenvalue weighted by molar-refractivity contribution is 5.76. The van der Waals surface area contributed by atoms with Gasteiger partial charge in [-0.1, -0.05) is 27.7 Å². The van der Waals surface area contributed by atoms with E-state index in [1.165, 1.54) is 0 Å². The maximum Gasteiger partial charge on any atom is 0.323 e. The van der Waals surface area contributed by atoms with Gasteiger partial charge in [-0.2, -0.15) is 0 Å². The molecular formula is C15H30N2O2. The number of carbonyl (C=O) groups is 1. The van der Waals surface area contributed by atoms with Gasteiger partial charge in [0.05, 0.1) is 0 Å². The van der Waals surface area contributed by atoms with E-state index in [9.17, 15) is 4.79 Å². The summed E-state index contributed by atoms with van der Waals surface area (Å²) in [6, 6.07) is -0.110. The molecule has 1 fully saturated rings. The van der Waals surface area contributed by atoms with Crippen LogP contribution >= 0.6 is 0 Å². The Labute approximate surface area is 117 Å². The van der Waals surface area contributed by atoms with Crippen LogP contribution < -0.4 is 11.1 Å². The molecule has 0 aromatic heterocycles. The Morgan fingerprint density at radius 1 is 1.37 bits per heavy atom. The zero-order valence-electron chi connectivity index (χ0n) is 13.0. The van der Waals surface area contributed by atoms with E-state index in [1.54, 1.807) is 0 Å². The second kappa shape index (κ2) is 7.25. The Balaban J connectivity index is 2.61. The lowest BCUT2D eigenvalue weighted by molar-refractivity contribution is -0.156. The van der Waals surface area contributed by atoms with E-state index in [0.29, 0.717) is 17.9 Å². The zero-order chi connectivity index (χ0) is 14.6. The second-order valence-electron chi connectivity index (χ2n) is 6.68. The molecule has 1 rings (SSSR count). The molecule has 3 N–H and O–H groups in total. The summed E-state index contributed by atoms with van der Waals surface area (Å²) in [7, 11) is 0. The van der Waals surface area contributed by atoms with Crippen LogP contribution in [0.15, 0.2) is 0 Å². The van der Waals surface area contributed by atoms with Gasteiger partial charge < -0.3 is 15.8 Å². The van der Waals surface area contributed by atoms with E-state index in [1.807, 2.05) is 13.8 Å². The molecule has 0 aromatic rings. The van der Waals surface area contributed by atoms with Gasteiger partial charge in [-0.3, -0.25) is 4.79 Å². The summed E-state index contributed by atoms with van der Waals surface area (Å²) in [6.07, 6.45) is 1.97. The first-order valence-electron chi connectivity index (χ1n) is 7.50. The zero-order valence-corrected chi connectivity index (χ0v) is 13.0. The third-order valence-corrected chi connectivity index (χ3v) is 3.87. The first kappa shape index (κ1) is 16.4. The highest BCUT2D eigenvalue weighted by Crippen LogP contribution is 2.25. The maximum absolute atomic E-state index is 12.0. The number of nitrogens with one attached hydrogen (secondary N) is 1. The van der Waals surface area contributed by atoms with Crippen LogP contribution in [0, 0.1) is 17.8 Å². The summed E-state index contributed by atoms with van der Waals surface area (Å²) in [4.78, 5) is 12.0. The Kier molecular flexibility index (Phi) is 6.27. The van der Waals surface area contributed by atoms with Crippen LogP contribution in [0.4, 0.5) is 0 Å². The number of nitrogens with two attached hydrogens (primary N) is 1. The molecule has 0 unspecified atom stereocenters. The minimum atomic E-state index is -0.509. The smallest absolute Gasteiger partial charge is 0.323 e. The molecule has 4 heteroatoms. The fraction of sp³-hybridized carbons (Fsp3) is 0.933.